The molecule has 114 valence electrons. The topological polar surface area (TPSA) is 82.4 Å². The maximum absolute atomic E-state index is 12.2. The Hall–Kier alpha value is -2.65. The number of carbonyl (C=O) groups excluding carboxylic acids is 2. The van der Waals surface area contributed by atoms with Crippen LogP contribution >= 0.6 is 0 Å². The van der Waals surface area contributed by atoms with Gasteiger partial charge in [0, 0.05) is 30.5 Å². The van der Waals surface area contributed by atoms with Crippen LogP contribution < -0.4 is 5.32 Å². The lowest BCUT2D eigenvalue weighted by atomic mass is 10.1. The molecule has 1 saturated heterocycles. The van der Waals surface area contributed by atoms with Gasteiger partial charge in [0.1, 0.15) is 11.6 Å². The Bertz CT molecular complexity index is 640. The first-order valence-corrected chi connectivity index (χ1v) is 6.96. The van der Waals surface area contributed by atoms with E-state index < -0.39 is 5.91 Å². The van der Waals surface area contributed by atoms with Gasteiger partial charge in [0.05, 0.1) is 13.2 Å². The second-order valence-corrected chi connectivity index (χ2v) is 4.89. The second kappa shape index (κ2) is 7.38. The number of nitrogens with one attached hydrogen (secondary N) is 1. The lowest BCUT2D eigenvalue weighted by molar-refractivity contribution is -0.112. The molecule has 1 amide bonds. The average molecular weight is 299 g/mol. The molecule has 2 rings (SSSR count). The van der Waals surface area contributed by atoms with Gasteiger partial charge in [-0.25, -0.2) is 0 Å². The molecule has 6 heteroatoms. The number of Topliss-reactive ketones (excluding diaryl/α,β-unsaturated/α-hetero) is 1. The Morgan fingerprint density at radius 1 is 1.36 bits per heavy atom. The summed E-state index contributed by atoms with van der Waals surface area (Å²) in [7, 11) is 0. The summed E-state index contributed by atoms with van der Waals surface area (Å²) in [5, 5.41) is 11.8. The van der Waals surface area contributed by atoms with Gasteiger partial charge < -0.3 is 15.0 Å². The van der Waals surface area contributed by atoms with Gasteiger partial charge in [-0.05, 0) is 19.1 Å². The molecule has 1 N–H and O–H groups in total. The van der Waals surface area contributed by atoms with Gasteiger partial charge in [-0.1, -0.05) is 12.1 Å². The molecule has 1 heterocycles. The van der Waals surface area contributed by atoms with Gasteiger partial charge in [-0.15, -0.1) is 0 Å². The normalized spacial score (nSPS) is 15.1. The number of anilines is 1. The smallest absolute Gasteiger partial charge is 0.267 e. The van der Waals surface area contributed by atoms with Crippen molar-refractivity contribution in [2.75, 3.05) is 31.6 Å². The predicted molar refractivity (Wildman–Crippen MR) is 81.2 cm³/mol. The molecule has 1 fully saturated rings. The molecule has 1 aliphatic rings. The zero-order valence-electron chi connectivity index (χ0n) is 12.3. The molecule has 22 heavy (non-hydrogen) atoms. The van der Waals surface area contributed by atoms with E-state index in [1.807, 2.05) is 11.0 Å². The third kappa shape index (κ3) is 4.17. The summed E-state index contributed by atoms with van der Waals surface area (Å²) < 4.78 is 5.22. The van der Waals surface area contributed by atoms with Crippen LogP contribution in [0.25, 0.3) is 0 Å². The number of carbonyl (C=O) groups is 2. The fourth-order valence-electron chi connectivity index (χ4n) is 2.04. The number of nitriles is 1. The number of morpholine rings is 1. The number of ether oxygens (including phenoxy) is 1. The van der Waals surface area contributed by atoms with E-state index in [-0.39, 0.29) is 11.4 Å². The van der Waals surface area contributed by atoms with Crippen LogP contribution in [0.2, 0.25) is 0 Å². The van der Waals surface area contributed by atoms with Crippen LogP contribution in [-0.2, 0) is 9.53 Å². The van der Waals surface area contributed by atoms with Crippen LogP contribution in [0, 0.1) is 11.3 Å². The number of rotatable bonds is 4. The average Bonchev–Trinajstić information content (AvgIpc) is 2.53. The van der Waals surface area contributed by atoms with Crippen molar-refractivity contribution in [3.8, 4) is 6.07 Å². The second-order valence-electron chi connectivity index (χ2n) is 4.89. The minimum atomic E-state index is -0.491. The number of benzene rings is 1. The van der Waals surface area contributed by atoms with Gasteiger partial charge in [-0.2, -0.15) is 5.26 Å². The van der Waals surface area contributed by atoms with E-state index in [1.165, 1.54) is 6.92 Å². The molecule has 0 unspecified atom stereocenters. The Labute approximate surface area is 129 Å². The predicted octanol–water partition coefficient (Wildman–Crippen LogP) is 1.57. The van der Waals surface area contributed by atoms with Crippen LogP contribution in [0.5, 0.6) is 0 Å². The van der Waals surface area contributed by atoms with E-state index >= 15 is 0 Å². The monoisotopic (exact) mass is 299 g/mol. The molecule has 0 saturated carbocycles. The summed E-state index contributed by atoms with van der Waals surface area (Å²) in [6, 6.07) is 8.53. The first-order valence-electron chi connectivity index (χ1n) is 6.96. The van der Waals surface area contributed by atoms with Crippen molar-refractivity contribution in [2.24, 2.45) is 0 Å². The van der Waals surface area contributed by atoms with Crippen LogP contribution in [0.15, 0.2) is 36.0 Å². The maximum atomic E-state index is 12.2. The highest BCUT2D eigenvalue weighted by atomic mass is 16.5. The molecule has 0 atom stereocenters. The van der Waals surface area contributed by atoms with Crippen molar-refractivity contribution in [2.45, 2.75) is 6.92 Å². The summed E-state index contributed by atoms with van der Waals surface area (Å²) in [5.74, 6) is -0.574. The van der Waals surface area contributed by atoms with Crippen molar-refractivity contribution >= 4 is 17.4 Å². The highest BCUT2D eigenvalue weighted by Gasteiger charge is 2.14. The number of nitrogens with zero attached hydrogens (tertiary/aromatic N) is 2. The van der Waals surface area contributed by atoms with Crippen LogP contribution in [0.1, 0.15) is 17.3 Å². The van der Waals surface area contributed by atoms with Gasteiger partial charge in [0.2, 0.25) is 0 Å². The first-order chi connectivity index (χ1) is 10.6. The summed E-state index contributed by atoms with van der Waals surface area (Å²) >= 11 is 0. The van der Waals surface area contributed by atoms with Gasteiger partial charge in [0.15, 0.2) is 5.78 Å². The van der Waals surface area contributed by atoms with Crippen molar-refractivity contribution in [1.82, 2.24) is 4.90 Å². The molecular formula is C16H17N3O3. The van der Waals surface area contributed by atoms with E-state index in [9.17, 15) is 9.59 Å². The molecule has 0 aromatic heterocycles. The Morgan fingerprint density at radius 3 is 2.73 bits per heavy atom. The molecule has 0 radical (unpaired) electrons. The number of hydrogen-bond acceptors (Lipinski definition) is 5. The fraction of sp³-hybridized carbons (Fsp3) is 0.312. The van der Waals surface area contributed by atoms with E-state index in [0.717, 1.165) is 0 Å². The summed E-state index contributed by atoms with van der Waals surface area (Å²) in [6.07, 6.45) is 1.55. The van der Waals surface area contributed by atoms with E-state index in [1.54, 1.807) is 30.5 Å². The molecule has 0 spiro atoms. The molecule has 1 aromatic carbocycles. The maximum Gasteiger partial charge on any atom is 0.267 e. The van der Waals surface area contributed by atoms with E-state index in [2.05, 4.69) is 5.32 Å². The SMILES string of the molecule is CC(=O)c1cccc(NC(=O)/C(C#N)=C\N2CCOCC2)c1. The van der Waals surface area contributed by atoms with Crippen molar-refractivity contribution in [3.05, 3.63) is 41.6 Å². The highest BCUT2D eigenvalue weighted by molar-refractivity contribution is 6.07. The molecule has 0 bridgehead atoms. The van der Waals surface area contributed by atoms with Crippen molar-refractivity contribution in [1.29, 1.82) is 5.26 Å². The highest BCUT2D eigenvalue weighted by Crippen LogP contribution is 2.13. The van der Waals surface area contributed by atoms with E-state index in [0.29, 0.717) is 37.6 Å². The fourth-order valence-corrected chi connectivity index (χ4v) is 2.04. The molecule has 1 aromatic rings. The molecule has 1 aliphatic heterocycles. The summed E-state index contributed by atoms with van der Waals surface area (Å²) in [4.78, 5) is 25.4. The largest absolute Gasteiger partial charge is 0.378 e. The summed E-state index contributed by atoms with van der Waals surface area (Å²) in [5.41, 5.74) is 1.02. The van der Waals surface area contributed by atoms with Crippen LogP contribution in [0.3, 0.4) is 0 Å². The third-order valence-corrected chi connectivity index (χ3v) is 3.25. The minimum Gasteiger partial charge on any atom is -0.378 e. The number of amides is 1. The van der Waals surface area contributed by atoms with Gasteiger partial charge in [-0.3, -0.25) is 9.59 Å². The third-order valence-electron chi connectivity index (χ3n) is 3.25. The van der Waals surface area contributed by atoms with E-state index in [4.69, 9.17) is 10.00 Å². The number of hydrogen-bond donors (Lipinski definition) is 1. The van der Waals surface area contributed by atoms with Crippen LogP contribution in [-0.4, -0.2) is 42.9 Å². The first kappa shape index (κ1) is 15.7. The molecular weight excluding hydrogens is 282 g/mol. The Balaban J connectivity index is 2.09. The standard InChI is InChI=1S/C16H17N3O3/c1-12(20)13-3-2-4-15(9-13)18-16(21)14(10-17)11-19-5-7-22-8-6-19/h2-4,9,11H,5-8H2,1H3,(H,18,21)/b14-11-. The van der Waals surface area contributed by atoms with Gasteiger partial charge >= 0.3 is 0 Å². The lowest BCUT2D eigenvalue weighted by Crippen LogP contribution is -2.33. The Morgan fingerprint density at radius 2 is 2.09 bits per heavy atom. The summed E-state index contributed by atoms with van der Waals surface area (Å²) in [6.45, 7) is 3.92. The molecule has 0 aliphatic carbocycles. The Kier molecular flexibility index (Phi) is 5.28. The van der Waals surface area contributed by atoms with Crippen LogP contribution in [0.4, 0.5) is 5.69 Å². The van der Waals surface area contributed by atoms with Crippen molar-refractivity contribution in [3.63, 3.8) is 0 Å². The zero-order chi connectivity index (χ0) is 15.9. The number of ketones is 1. The molecule has 6 nitrogen and oxygen atoms in total. The minimum absolute atomic E-state index is 0.0233. The van der Waals surface area contributed by atoms with Gasteiger partial charge in [0.25, 0.3) is 5.91 Å². The zero-order valence-corrected chi connectivity index (χ0v) is 12.3. The lowest BCUT2D eigenvalue weighted by Gasteiger charge is -2.25. The van der Waals surface area contributed by atoms with Crippen molar-refractivity contribution < 1.29 is 14.3 Å². The quantitative estimate of drug-likeness (QED) is 0.518.